The van der Waals surface area contributed by atoms with Crippen molar-refractivity contribution in [2.75, 3.05) is 25.1 Å². The molecule has 0 aromatic carbocycles. The van der Waals surface area contributed by atoms with Gasteiger partial charge in [0.2, 0.25) is 11.8 Å². The largest absolute Gasteiger partial charge is 0.481 e. The molecule has 0 bridgehead atoms. The molecule has 0 N–H and O–H groups in total. The van der Waals surface area contributed by atoms with Crippen LogP contribution in [0.5, 0.6) is 5.88 Å². The van der Waals surface area contributed by atoms with Crippen LogP contribution in [0.4, 0.5) is 5.95 Å². The van der Waals surface area contributed by atoms with Crippen molar-refractivity contribution in [3.63, 3.8) is 0 Å². The second-order valence-corrected chi connectivity index (χ2v) is 4.36. The lowest BCUT2D eigenvalue weighted by Gasteiger charge is -2.15. The van der Waals surface area contributed by atoms with Crippen LogP contribution in [-0.4, -0.2) is 35.5 Å². The summed E-state index contributed by atoms with van der Waals surface area (Å²) in [5, 5.41) is 0.180. The van der Waals surface area contributed by atoms with Gasteiger partial charge in [-0.15, -0.1) is 11.6 Å². The van der Waals surface area contributed by atoms with Gasteiger partial charge in [-0.3, -0.25) is 0 Å². The van der Waals surface area contributed by atoms with Gasteiger partial charge in [0, 0.05) is 25.4 Å². The van der Waals surface area contributed by atoms with Crippen molar-refractivity contribution in [1.29, 1.82) is 0 Å². The molecule has 2 rings (SSSR count). The van der Waals surface area contributed by atoms with Crippen molar-refractivity contribution in [2.24, 2.45) is 5.92 Å². The van der Waals surface area contributed by atoms with Crippen molar-refractivity contribution < 1.29 is 4.74 Å². The molecule has 4 nitrogen and oxygen atoms in total. The van der Waals surface area contributed by atoms with E-state index in [4.69, 9.17) is 16.3 Å². The van der Waals surface area contributed by atoms with E-state index in [0.717, 1.165) is 13.1 Å². The molecule has 1 aliphatic heterocycles. The molecule has 0 saturated carbocycles. The Hall–Kier alpha value is -1.03. The molecule has 82 valence electrons. The number of halogens is 1. The average molecular weight is 228 g/mol. The molecule has 1 aromatic heterocycles. The molecule has 2 heterocycles. The van der Waals surface area contributed by atoms with E-state index in [1.54, 1.807) is 19.4 Å². The van der Waals surface area contributed by atoms with Gasteiger partial charge in [0.05, 0.1) is 12.5 Å². The minimum Gasteiger partial charge on any atom is -0.481 e. The molecule has 15 heavy (non-hydrogen) atoms. The maximum atomic E-state index is 6.15. The highest BCUT2D eigenvalue weighted by atomic mass is 35.5. The van der Waals surface area contributed by atoms with Crippen molar-refractivity contribution in [3.8, 4) is 5.88 Å². The molecule has 1 fully saturated rings. The standard InChI is InChI=1S/C10H14ClN3O/c1-7-5-14(6-8(7)11)10-12-4-3-9(13-10)15-2/h3-4,7-8H,5-6H2,1-2H3. The minimum absolute atomic E-state index is 0.180. The summed E-state index contributed by atoms with van der Waals surface area (Å²) in [5.41, 5.74) is 0. The Kier molecular flexibility index (Phi) is 2.95. The molecule has 5 heteroatoms. The molecule has 0 radical (unpaired) electrons. The zero-order valence-electron chi connectivity index (χ0n) is 8.85. The summed E-state index contributed by atoms with van der Waals surface area (Å²) in [6.07, 6.45) is 1.70. The third kappa shape index (κ3) is 2.15. The first-order valence-electron chi connectivity index (χ1n) is 4.96. The third-order valence-corrected chi connectivity index (χ3v) is 3.20. The normalized spacial score (nSPS) is 25.7. The summed E-state index contributed by atoms with van der Waals surface area (Å²) in [6, 6.07) is 1.74. The highest BCUT2D eigenvalue weighted by molar-refractivity contribution is 6.21. The second-order valence-electron chi connectivity index (χ2n) is 3.80. The SMILES string of the molecule is COc1ccnc(N2CC(C)C(Cl)C2)n1. The number of aromatic nitrogens is 2. The first-order valence-corrected chi connectivity index (χ1v) is 5.40. The highest BCUT2D eigenvalue weighted by Crippen LogP contribution is 2.25. The van der Waals surface area contributed by atoms with Gasteiger partial charge in [-0.1, -0.05) is 6.92 Å². The van der Waals surface area contributed by atoms with Crippen molar-refractivity contribution in [1.82, 2.24) is 9.97 Å². The number of ether oxygens (including phenoxy) is 1. The van der Waals surface area contributed by atoms with Gasteiger partial charge in [-0.05, 0) is 5.92 Å². The fourth-order valence-corrected chi connectivity index (χ4v) is 1.94. The number of anilines is 1. The van der Waals surface area contributed by atoms with Gasteiger partial charge in [-0.25, -0.2) is 4.98 Å². The topological polar surface area (TPSA) is 38.2 Å². The number of hydrogen-bond acceptors (Lipinski definition) is 4. The number of rotatable bonds is 2. The Balaban J connectivity index is 2.16. The summed E-state index contributed by atoms with van der Waals surface area (Å²) in [6.45, 7) is 3.84. The number of methoxy groups -OCH3 is 1. The lowest BCUT2D eigenvalue weighted by Crippen LogP contribution is -2.22. The molecule has 2 unspecified atom stereocenters. The first-order chi connectivity index (χ1) is 7.20. The average Bonchev–Trinajstić information content (AvgIpc) is 2.59. The number of nitrogens with zero attached hydrogens (tertiary/aromatic N) is 3. The zero-order chi connectivity index (χ0) is 10.8. The quantitative estimate of drug-likeness (QED) is 0.719. The van der Waals surface area contributed by atoms with E-state index in [1.807, 2.05) is 0 Å². The fraction of sp³-hybridized carbons (Fsp3) is 0.600. The maximum Gasteiger partial charge on any atom is 0.228 e. The lowest BCUT2D eigenvalue weighted by molar-refractivity contribution is 0.397. The van der Waals surface area contributed by atoms with Crippen LogP contribution in [0.25, 0.3) is 0 Å². The highest BCUT2D eigenvalue weighted by Gasteiger charge is 2.29. The van der Waals surface area contributed by atoms with Crippen LogP contribution < -0.4 is 9.64 Å². The Bertz CT molecular complexity index is 337. The monoisotopic (exact) mass is 227 g/mol. The van der Waals surface area contributed by atoms with Crippen molar-refractivity contribution in [3.05, 3.63) is 12.3 Å². The maximum absolute atomic E-state index is 6.15. The van der Waals surface area contributed by atoms with Gasteiger partial charge in [0.1, 0.15) is 0 Å². The summed E-state index contributed by atoms with van der Waals surface area (Å²) in [4.78, 5) is 10.6. The van der Waals surface area contributed by atoms with Crippen molar-refractivity contribution in [2.45, 2.75) is 12.3 Å². The van der Waals surface area contributed by atoms with E-state index in [9.17, 15) is 0 Å². The fourth-order valence-electron chi connectivity index (χ4n) is 1.69. The first kappa shape index (κ1) is 10.5. The molecule has 1 saturated heterocycles. The van der Waals surface area contributed by atoms with Gasteiger partial charge in [0.25, 0.3) is 0 Å². The predicted molar refractivity (Wildman–Crippen MR) is 59.6 cm³/mol. The summed E-state index contributed by atoms with van der Waals surface area (Å²) >= 11 is 6.15. The minimum atomic E-state index is 0.180. The summed E-state index contributed by atoms with van der Waals surface area (Å²) in [5.74, 6) is 1.76. The van der Waals surface area contributed by atoms with Crippen LogP contribution in [0.3, 0.4) is 0 Å². The molecule has 1 aromatic rings. The van der Waals surface area contributed by atoms with Crippen LogP contribution in [0.15, 0.2) is 12.3 Å². The van der Waals surface area contributed by atoms with E-state index in [1.165, 1.54) is 0 Å². The van der Waals surface area contributed by atoms with Gasteiger partial charge in [-0.2, -0.15) is 4.98 Å². The summed E-state index contributed by atoms with van der Waals surface area (Å²) in [7, 11) is 1.60. The molecule has 2 atom stereocenters. The molecular weight excluding hydrogens is 214 g/mol. The second kappa shape index (κ2) is 4.23. The van der Waals surface area contributed by atoms with Crippen LogP contribution in [0, 0.1) is 5.92 Å². The Morgan fingerprint density at radius 3 is 2.93 bits per heavy atom. The Morgan fingerprint density at radius 1 is 1.53 bits per heavy atom. The molecule has 0 spiro atoms. The smallest absolute Gasteiger partial charge is 0.228 e. The molecule has 1 aliphatic rings. The Morgan fingerprint density at radius 2 is 2.33 bits per heavy atom. The van der Waals surface area contributed by atoms with Crippen LogP contribution in [-0.2, 0) is 0 Å². The van der Waals surface area contributed by atoms with E-state index in [0.29, 0.717) is 17.7 Å². The van der Waals surface area contributed by atoms with Crippen molar-refractivity contribution >= 4 is 17.5 Å². The van der Waals surface area contributed by atoms with Gasteiger partial charge >= 0.3 is 0 Å². The third-order valence-electron chi connectivity index (χ3n) is 2.63. The van der Waals surface area contributed by atoms with E-state index >= 15 is 0 Å². The number of hydrogen-bond donors (Lipinski definition) is 0. The molecular formula is C10H14ClN3O. The Labute approximate surface area is 94.2 Å². The van der Waals surface area contributed by atoms with E-state index < -0.39 is 0 Å². The molecule has 0 amide bonds. The van der Waals surface area contributed by atoms with E-state index in [2.05, 4.69) is 21.8 Å². The predicted octanol–water partition coefficient (Wildman–Crippen LogP) is 1.55. The van der Waals surface area contributed by atoms with Gasteiger partial charge < -0.3 is 9.64 Å². The van der Waals surface area contributed by atoms with Gasteiger partial charge in [0.15, 0.2) is 0 Å². The van der Waals surface area contributed by atoms with Crippen LogP contribution >= 0.6 is 11.6 Å². The zero-order valence-corrected chi connectivity index (χ0v) is 9.61. The van der Waals surface area contributed by atoms with Crippen LogP contribution in [0.1, 0.15) is 6.92 Å². The number of alkyl halides is 1. The molecule has 0 aliphatic carbocycles. The summed E-state index contributed by atoms with van der Waals surface area (Å²) < 4.78 is 5.06. The van der Waals surface area contributed by atoms with Crippen LogP contribution in [0.2, 0.25) is 0 Å². The van der Waals surface area contributed by atoms with E-state index in [-0.39, 0.29) is 5.38 Å². The lowest BCUT2D eigenvalue weighted by atomic mass is 10.2.